The zero-order valence-corrected chi connectivity index (χ0v) is 13.4. The Morgan fingerprint density at radius 2 is 1.90 bits per heavy atom. The van der Waals surface area contributed by atoms with Crippen LogP contribution < -0.4 is 5.73 Å². The van der Waals surface area contributed by atoms with Crippen LogP contribution in [-0.4, -0.2) is 35.0 Å². The van der Waals surface area contributed by atoms with E-state index < -0.39 is 0 Å². The molecule has 0 saturated carbocycles. The van der Waals surface area contributed by atoms with E-state index in [4.69, 9.17) is 5.73 Å². The molecule has 4 heteroatoms. The van der Waals surface area contributed by atoms with Gasteiger partial charge >= 0.3 is 0 Å². The molecule has 2 nitrogen and oxygen atoms in total. The van der Waals surface area contributed by atoms with Crippen molar-refractivity contribution in [1.82, 2.24) is 4.90 Å². The van der Waals surface area contributed by atoms with Crippen molar-refractivity contribution in [3.05, 3.63) is 35.6 Å². The van der Waals surface area contributed by atoms with Crippen LogP contribution in [0.5, 0.6) is 0 Å². The molecule has 0 aliphatic carbocycles. The van der Waals surface area contributed by atoms with Crippen LogP contribution in [0.15, 0.2) is 24.3 Å². The molecule has 4 atom stereocenters. The Hall–Kier alpha value is -0.580. The van der Waals surface area contributed by atoms with Crippen molar-refractivity contribution in [3.8, 4) is 0 Å². The van der Waals surface area contributed by atoms with Gasteiger partial charge in [-0.2, -0.15) is 11.8 Å². The molecule has 4 unspecified atom stereocenters. The van der Waals surface area contributed by atoms with Crippen LogP contribution >= 0.6 is 11.8 Å². The molecule has 0 aromatic heterocycles. The van der Waals surface area contributed by atoms with Crippen molar-refractivity contribution in [2.24, 2.45) is 11.7 Å². The van der Waals surface area contributed by atoms with Crippen LogP contribution in [0.2, 0.25) is 0 Å². The fraction of sp³-hybridized carbons (Fsp3) is 0.625. The van der Waals surface area contributed by atoms with E-state index in [0.717, 1.165) is 19.6 Å². The predicted octanol–water partition coefficient (Wildman–Crippen LogP) is 3.29. The third kappa shape index (κ3) is 3.96. The quantitative estimate of drug-likeness (QED) is 0.924. The highest BCUT2D eigenvalue weighted by Gasteiger charge is 2.26. The van der Waals surface area contributed by atoms with E-state index in [1.54, 1.807) is 12.1 Å². The van der Waals surface area contributed by atoms with E-state index in [1.807, 2.05) is 17.8 Å². The summed E-state index contributed by atoms with van der Waals surface area (Å²) < 4.78 is 13.8. The van der Waals surface area contributed by atoms with Crippen molar-refractivity contribution < 1.29 is 4.39 Å². The zero-order chi connectivity index (χ0) is 14.7. The van der Waals surface area contributed by atoms with Crippen LogP contribution in [0, 0.1) is 11.7 Å². The minimum absolute atomic E-state index is 0.192. The van der Waals surface area contributed by atoms with Crippen LogP contribution in [-0.2, 0) is 0 Å². The normalized spacial score (nSPS) is 27.2. The van der Waals surface area contributed by atoms with Crippen LogP contribution in [0.1, 0.15) is 32.4 Å². The van der Waals surface area contributed by atoms with Crippen molar-refractivity contribution >= 4 is 11.8 Å². The van der Waals surface area contributed by atoms with Crippen molar-refractivity contribution in [1.29, 1.82) is 0 Å². The van der Waals surface area contributed by atoms with Gasteiger partial charge in [-0.3, -0.25) is 0 Å². The van der Waals surface area contributed by atoms with Gasteiger partial charge in [0.15, 0.2) is 0 Å². The Morgan fingerprint density at radius 3 is 2.50 bits per heavy atom. The van der Waals surface area contributed by atoms with E-state index in [0.29, 0.717) is 16.1 Å². The Labute approximate surface area is 125 Å². The lowest BCUT2D eigenvalue weighted by Crippen LogP contribution is -2.43. The number of halogens is 1. The topological polar surface area (TPSA) is 29.3 Å². The maximum absolute atomic E-state index is 13.8. The molecule has 1 fully saturated rings. The number of nitrogens with two attached hydrogens (primary N) is 1. The van der Waals surface area contributed by atoms with Gasteiger partial charge in [-0.25, -0.2) is 4.39 Å². The maximum atomic E-state index is 13.8. The Kier molecular flexibility index (Phi) is 5.47. The molecule has 0 amide bonds. The molecule has 1 aliphatic rings. The van der Waals surface area contributed by atoms with E-state index in [9.17, 15) is 4.39 Å². The summed E-state index contributed by atoms with van der Waals surface area (Å²) in [5.74, 6) is 0.0529. The average Bonchev–Trinajstić information content (AvgIpc) is 2.37. The number of hydrogen-bond acceptors (Lipinski definition) is 3. The number of hydrogen-bond donors (Lipinski definition) is 1. The van der Waals surface area contributed by atoms with Gasteiger partial charge < -0.3 is 10.6 Å². The summed E-state index contributed by atoms with van der Waals surface area (Å²) >= 11 is 2.05. The second kappa shape index (κ2) is 6.92. The highest BCUT2D eigenvalue weighted by molar-refractivity contribution is 8.00. The van der Waals surface area contributed by atoms with Crippen LogP contribution in [0.4, 0.5) is 4.39 Å². The molecule has 2 rings (SSSR count). The molecule has 20 heavy (non-hydrogen) atoms. The van der Waals surface area contributed by atoms with Gasteiger partial charge in [0.1, 0.15) is 5.82 Å². The molecule has 2 N–H and O–H groups in total. The predicted molar refractivity (Wildman–Crippen MR) is 85.4 cm³/mol. The second-order valence-electron chi connectivity index (χ2n) is 6.00. The van der Waals surface area contributed by atoms with Gasteiger partial charge in [0.25, 0.3) is 0 Å². The van der Waals surface area contributed by atoms with E-state index >= 15 is 0 Å². The number of benzene rings is 1. The van der Waals surface area contributed by atoms with Gasteiger partial charge in [0.2, 0.25) is 0 Å². The van der Waals surface area contributed by atoms with Gasteiger partial charge in [-0.15, -0.1) is 0 Å². The summed E-state index contributed by atoms with van der Waals surface area (Å²) in [5.41, 5.74) is 6.89. The molecule has 1 heterocycles. The fourth-order valence-corrected chi connectivity index (χ4v) is 4.39. The van der Waals surface area contributed by atoms with E-state index in [1.165, 1.54) is 6.07 Å². The molecular formula is C16H25FN2S. The number of thioether (sulfide) groups is 1. The number of nitrogens with zero attached hydrogens (tertiary/aromatic N) is 1. The lowest BCUT2D eigenvalue weighted by Gasteiger charge is -2.37. The SMILES string of the molecule is CC1CN(CC(C)C(N)c2ccccc2F)CC(C)S1. The monoisotopic (exact) mass is 296 g/mol. The summed E-state index contributed by atoms with van der Waals surface area (Å²) in [4.78, 5) is 2.47. The smallest absolute Gasteiger partial charge is 0.127 e. The lowest BCUT2D eigenvalue weighted by atomic mass is 9.94. The minimum Gasteiger partial charge on any atom is -0.324 e. The Bertz CT molecular complexity index is 430. The average molecular weight is 296 g/mol. The van der Waals surface area contributed by atoms with Gasteiger partial charge in [-0.1, -0.05) is 39.0 Å². The third-order valence-electron chi connectivity index (χ3n) is 3.92. The molecule has 0 radical (unpaired) electrons. The molecule has 1 aromatic carbocycles. The molecule has 1 aromatic rings. The number of rotatable bonds is 4. The van der Waals surface area contributed by atoms with Gasteiger partial charge in [-0.05, 0) is 12.0 Å². The first-order chi connectivity index (χ1) is 9.47. The largest absolute Gasteiger partial charge is 0.324 e. The van der Waals surface area contributed by atoms with Gasteiger partial charge in [0.05, 0.1) is 0 Å². The van der Waals surface area contributed by atoms with Crippen LogP contribution in [0.25, 0.3) is 0 Å². The molecule has 0 spiro atoms. The summed E-state index contributed by atoms with van der Waals surface area (Å²) in [7, 11) is 0. The van der Waals surface area contributed by atoms with E-state index in [-0.39, 0.29) is 17.8 Å². The first-order valence-corrected chi connectivity index (χ1v) is 8.29. The molecule has 1 saturated heterocycles. The summed E-state index contributed by atoms with van der Waals surface area (Å²) in [5, 5.41) is 1.33. The van der Waals surface area contributed by atoms with Crippen molar-refractivity contribution in [3.63, 3.8) is 0 Å². The lowest BCUT2D eigenvalue weighted by molar-refractivity contribution is 0.219. The highest BCUT2D eigenvalue weighted by atomic mass is 32.2. The first kappa shape index (κ1) is 15.8. The second-order valence-corrected chi connectivity index (χ2v) is 7.88. The van der Waals surface area contributed by atoms with Crippen molar-refractivity contribution in [2.45, 2.75) is 37.3 Å². The van der Waals surface area contributed by atoms with Crippen LogP contribution in [0.3, 0.4) is 0 Å². The minimum atomic E-state index is -0.239. The Balaban J connectivity index is 1.97. The van der Waals surface area contributed by atoms with Gasteiger partial charge in [0, 0.05) is 41.7 Å². The highest BCUT2D eigenvalue weighted by Crippen LogP contribution is 2.28. The molecular weight excluding hydrogens is 271 g/mol. The standard InChI is InChI=1S/C16H25FN2S/c1-11(8-19-9-12(2)20-13(3)10-19)16(18)14-6-4-5-7-15(14)17/h4-7,11-13,16H,8-10,18H2,1-3H3. The summed E-state index contributed by atoms with van der Waals surface area (Å²) in [6.45, 7) is 9.80. The molecule has 0 bridgehead atoms. The first-order valence-electron chi connectivity index (χ1n) is 7.35. The maximum Gasteiger partial charge on any atom is 0.127 e. The summed E-state index contributed by atoms with van der Waals surface area (Å²) in [6.07, 6.45) is 0. The molecule has 1 aliphatic heterocycles. The Morgan fingerprint density at radius 1 is 1.30 bits per heavy atom. The van der Waals surface area contributed by atoms with Crippen molar-refractivity contribution in [2.75, 3.05) is 19.6 Å². The fourth-order valence-electron chi connectivity index (χ4n) is 3.01. The third-order valence-corrected chi connectivity index (χ3v) is 5.15. The molecule has 112 valence electrons. The zero-order valence-electron chi connectivity index (χ0n) is 12.6. The van der Waals surface area contributed by atoms with E-state index in [2.05, 4.69) is 25.7 Å². The summed E-state index contributed by atoms with van der Waals surface area (Å²) in [6, 6.07) is 6.61.